The Hall–Kier alpha value is -0.0400. The van der Waals surface area contributed by atoms with E-state index in [1.807, 2.05) is 0 Å². The molecule has 0 unspecified atom stereocenters. The SMILES string of the molecule is CCOCCCC[C@H]1CC[C@H](C2CCCCC2)CC1. The van der Waals surface area contributed by atoms with Crippen LogP contribution in [-0.2, 0) is 4.74 Å². The summed E-state index contributed by atoms with van der Waals surface area (Å²) in [4.78, 5) is 0. The molecule has 0 atom stereocenters. The van der Waals surface area contributed by atoms with E-state index in [1.165, 1.54) is 51.4 Å². The molecule has 2 fully saturated rings. The van der Waals surface area contributed by atoms with Crippen molar-refractivity contribution in [3.05, 3.63) is 0 Å². The normalized spacial score (nSPS) is 29.5. The average Bonchev–Trinajstić information content (AvgIpc) is 2.49. The van der Waals surface area contributed by atoms with E-state index < -0.39 is 0 Å². The fourth-order valence-electron chi connectivity index (χ4n) is 4.34. The Labute approximate surface area is 120 Å². The maximum absolute atomic E-state index is 5.42. The first-order valence-corrected chi connectivity index (χ1v) is 8.98. The second-order valence-electron chi connectivity index (χ2n) is 6.87. The zero-order valence-corrected chi connectivity index (χ0v) is 13.0. The van der Waals surface area contributed by atoms with Crippen LogP contribution in [-0.4, -0.2) is 13.2 Å². The van der Waals surface area contributed by atoms with E-state index in [1.54, 1.807) is 25.7 Å². The standard InChI is InChI=1S/C18H34O/c1-2-19-15-7-6-8-16-11-13-18(14-12-16)17-9-4-3-5-10-17/h16-18H,2-15H2,1H3/t16-,18-. The Morgan fingerprint density at radius 1 is 0.789 bits per heavy atom. The van der Waals surface area contributed by atoms with Crippen LogP contribution in [0.15, 0.2) is 0 Å². The van der Waals surface area contributed by atoms with Crippen molar-refractivity contribution in [2.75, 3.05) is 13.2 Å². The van der Waals surface area contributed by atoms with Crippen LogP contribution < -0.4 is 0 Å². The maximum Gasteiger partial charge on any atom is 0.0465 e. The molecule has 2 aliphatic carbocycles. The molecule has 112 valence electrons. The smallest absolute Gasteiger partial charge is 0.0465 e. The van der Waals surface area contributed by atoms with Crippen LogP contribution in [0.3, 0.4) is 0 Å². The number of unbranched alkanes of at least 4 members (excludes halogenated alkanes) is 1. The topological polar surface area (TPSA) is 9.23 Å². The molecule has 1 nitrogen and oxygen atoms in total. The predicted octanol–water partition coefficient (Wildman–Crippen LogP) is 5.58. The molecule has 0 bridgehead atoms. The second-order valence-corrected chi connectivity index (χ2v) is 6.87. The van der Waals surface area contributed by atoms with Crippen LogP contribution in [0.25, 0.3) is 0 Å². The van der Waals surface area contributed by atoms with Crippen molar-refractivity contribution in [2.24, 2.45) is 17.8 Å². The van der Waals surface area contributed by atoms with Gasteiger partial charge in [0.25, 0.3) is 0 Å². The summed E-state index contributed by atoms with van der Waals surface area (Å²) in [6, 6.07) is 0. The summed E-state index contributed by atoms with van der Waals surface area (Å²) < 4.78 is 5.42. The third-order valence-electron chi connectivity index (χ3n) is 5.56. The molecule has 0 aromatic carbocycles. The molecule has 0 aromatic heterocycles. The summed E-state index contributed by atoms with van der Waals surface area (Å²) in [5, 5.41) is 0. The molecular weight excluding hydrogens is 232 g/mol. The highest BCUT2D eigenvalue weighted by atomic mass is 16.5. The van der Waals surface area contributed by atoms with Crippen molar-refractivity contribution in [1.29, 1.82) is 0 Å². The van der Waals surface area contributed by atoms with Gasteiger partial charge in [0.2, 0.25) is 0 Å². The number of hydrogen-bond donors (Lipinski definition) is 0. The minimum Gasteiger partial charge on any atom is -0.382 e. The van der Waals surface area contributed by atoms with Crippen LogP contribution >= 0.6 is 0 Å². The molecule has 0 saturated heterocycles. The quantitative estimate of drug-likeness (QED) is 0.547. The highest BCUT2D eigenvalue weighted by Crippen LogP contribution is 2.40. The number of ether oxygens (including phenoxy) is 1. The first-order valence-electron chi connectivity index (χ1n) is 8.98. The summed E-state index contributed by atoms with van der Waals surface area (Å²) in [6.07, 6.45) is 17.9. The average molecular weight is 266 g/mol. The highest BCUT2D eigenvalue weighted by molar-refractivity contribution is 4.79. The van der Waals surface area contributed by atoms with Gasteiger partial charge in [-0.3, -0.25) is 0 Å². The van der Waals surface area contributed by atoms with Gasteiger partial charge >= 0.3 is 0 Å². The third-order valence-corrected chi connectivity index (χ3v) is 5.56. The van der Waals surface area contributed by atoms with E-state index in [0.29, 0.717) is 0 Å². The Morgan fingerprint density at radius 3 is 2.16 bits per heavy atom. The summed E-state index contributed by atoms with van der Waals surface area (Å²) >= 11 is 0. The summed E-state index contributed by atoms with van der Waals surface area (Å²) in [6.45, 7) is 3.95. The van der Waals surface area contributed by atoms with Gasteiger partial charge in [0.1, 0.15) is 0 Å². The first kappa shape index (κ1) is 15.4. The van der Waals surface area contributed by atoms with Crippen molar-refractivity contribution in [3.8, 4) is 0 Å². The van der Waals surface area contributed by atoms with Crippen LogP contribution in [0.4, 0.5) is 0 Å². The van der Waals surface area contributed by atoms with Gasteiger partial charge in [-0.05, 0) is 43.9 Å². The minimum absolute atomic E-state index is 0.881. The van der Waals surface area contributed by atoms with E-state index in [0.717, 1.165) is 31.0 Å². The van der Waals surface area contributed by atoms with Crippen LogP contribution in [0, 0.1) is 17.8 Å². The molecule has 0 aliphatic heterocycles. The Kier molecular flexibility index (Phi) is 7.27. The zero-order valence-electron chi connectivity index (χ0n) is 13.0. The fourth-order valence-corrected chi connectivity index (χ4v) is 4.34. The second kappa shape index (κ2) is 9.00. The van der Waals surface area contributed by atoms with Gasteiger partial charge in [0.05, 0.1) is 0 Å². The lowest BCUT2D eigenvalue weighted by Crippen LogP contribution is -2.23. The van der Waals surface area contributed by atoms with Crippen molar-refractivity contribution in [1.82, 2.24) is 0 Å². The van der Waals surface area contributed by atoms with Crippen molar-refractivity contribution < 1.29 is 4.74 Å². The molecule has 0 spiro atoms. The van der Waals surface area contributed by atoms with Crippen LogP contribution in [0.5, 0.6) is 0 Å². The van der Waals surface area contributed by atoms with E-state index in [-0.39, 0.29) is 0 Å². The van der Waals surface area contributed by atoms with Gasteiger partial charge in [0, 0.05) is 13.2 Å². The first-order chi connectivity index (χ1) is 9.40. The van der Waals surface area contributed by atoms with Gasteiger partial charge < -0.3 is 4.74 Å². The predicted molar refractivity (Wildman–Crippen MR) is 82.4 cm³/mol. The van der Waals surface area contributed by atoms with Crippen molar-refractivity contribution >= 4 is 0 Å². The highest BCUT2D eigenvalue weighted by Gasteiger charge is 2.28. The van der Waals surface area contributed by atoms with Gasteiger partial charge in [-0.2, -0.15) is 0 Å². The molecule has 0 radical (unpaired) electrons. The molecule has 2 saturated carbocycles. The summed E-state index contributed by atoms with van der Waals surface area (Å²) in [7, 11) is 0. The Balaban J connectivity index is 1.54. The molecule has 19 heavy (non-hydrogen) atoms. The summed E-state index contributed by atoms with van der Waals surface area (Å²) in [5.74, 6) is 3.24. The van der Waals surface area contributed by atoms with E-state index in [9.17, 15) is 0 Å². The maximum atomic E-state index is 5.42. The molecule has 0 aromatic rings. The molecule has 2 aliphatic rings. The minimum atomic E-state index is 0.881. The van der Waals surface area contributed by atoms with E-state index in [2.05, 4.69) is 6.92 Å². The van der Waals surface area contributed by atoms with E-state index >= 15 is 0 Å². The third kappa shape index (κ3) is 5.45. The Bertz CT molecular complexity index is 212. The largest absolute Gasteiger partial charge is 0.382 e. The zero-order chi connectivity index (χ0) is 13.3. The molecule has 2 rings (SSSR count). The fraction of sp³-hybridized carbons (Fsp3) is 1.00. The summed E-state index contributed by atoms with van der Waals surface area (Å²) in [5.41, 5.74) is 0. The van der Waals surface area contributed by atoms with Crippen LogP contribution in [0.2, 0.25) is 0 Å². The van der Waals surface area contributed by atoms with Crippen LogP contribution in [0.1, 0.15) is 84.0 Å². The van der Waals surface area contributed by atoms with Crippen molar-refractivity contribution in [3.63, 3.8) is 0 Å². The lowest BCUT2D eigenvalue weighted by atomic mass is 9.70. The van der Waals surface area contributed by atoms with E-state index in [4.69, 9.17) is 4.74 Å². The van der Waals surface area contributed by atoms with Gasteiger partial charge in [-0.15, -0.1) is 0 Å². The number of hydrogen-bond acceptors (Lipinski definition) is 1. The molecule has 0 heterocycles. The monoisotopic (exact) mass is 266 g/mol. The van der Waals surface area contributed by atoms with Gasteiger partial charge in [-0.25, -0.2) is 0 Å². The molecule has 0 N–H and O–H groups in total. The lowest BCUT2D eigenvalue weighted by molar-refractivity contribution is 0.136. The molecule has 1 heteroatoms. The number of rotatable bonds is 7. The molecular formula is C18H34O. The lowest BCUT2D eigenvalue weighted by Gasteiger charge is -2.36. The van der Waals surface area contributed by atoms with Gasteiger partial charge in [-0.1, -0.05) is 57.8 Å². The van der Waals surface area contributed by atoms with Crippen molar-refractivity contribution in [2.45, 2.75) is 84.0 Å². The van der Waals surface area contributed by atoms with Gasteiger partial charge in [0.15, 0.2) is 0 Å². The Morgan fingerprint density at radius 2 is 1.47 bits per heavy atom. The molecule has 0 amide bonds.